The molecule has 3 aliphatic rings. The number of hydrogen-bond donors (Lipinski definition) is 3. The summed E-state index contributed by atoms with van der Waals surface area (Å²) in [7, 11) is 1.49. The minimum absolute atomic E-state index is 0.00158. The monoisotopic (exact) mass is 428 g/mol. The number of likely N-dealkylation sites (tertiary alicyclic amines) is 1. The van der Waals surface area contributed by atoms with Gasteiger partial charge in [0.1, 0.15) is 0 Å². The van der Waals surface area contributed by atoms with Crippen molar-refractivity contribution >= 4 is 29.5 Å². The largest absolute Gasteiger partial charge is 0.504 e. The molecule has 30 heavy (non-hydrogen) atoms. The average molecular weight is 429 g/mol. The second kappa shape index (κ2) is 9.04. The first-order valence-corrected chi connectivity index (χ1v) is 10.9. The molecule has 1 saturated carbocycles. The van der Waals surface area contributed by atoms with E-state index >= 15 is 0 Å². The van der Waals surface area contributed by atoms with E-state index in [2.05, 4.69) is 32.9 Å². The minimum atomic E-state index is -0.106. The third kappa shape index (κ3) is 4.43. The maximum atomic E-state index is 12.5. The van der Waals surface area contributed by atoms with E-state index in [1.54, 1.807) is 18.2 Å². The number of phenols is 1. The van der Waals surface area contributed by atoms with Crippen molar-refractivity contribution in [3.8, 4) is 11.5 Å². The number of amides is 1. The lowest BCUT2D eigenvalue weighted by molar-refractivity contribution is -0.126. The van der Waals surface area contributed by atoms with E-state index in [1.807, 2.05) is 0 Å². The van der Waals surface area contributed by atoms with Crippen molar-refractivity contribution in [2.45, 2.75) is 31.7 Å². The maximum absolute atomic E-state index is 12.5. The van der Waals surface area contributed by atoms with Gasteiger partial charge in [-0.15, -0.1) is 0 Å². The summed E-state index contributed by atoms with van der Waals surface area (Å²) in [5.41, 5.74) is 3.07. The zero-order valence-electron chi connectivity index (χ0n) is 17.1. The zero-order valence-corrected chi connectivity index (χ0v) is 17.9. The molecule has 8 heteroatoms. The number of ether oxygens (including phenoxy) is 1. The Balaban J connectivity index is 1.22. The summed E-state index contributed by atoms with van der Waals surface area (Å²) < 4.78 is 5.07. The number of nitrogens with one attached hydrogen (secondary N) is 2. The van der Waals surface area contributed by atoms with Crippen molar-refractivity contribution < 1.29 is 14.6 Å². The molecule has 4 rings (SSSR count). The number of allylic oxidation sites excluding steroid dienone is 1. The lowest BCUT2D eigenvalue weighted by Crippen LogP contribution is -2.49. The summed E-state index contributed by atoms with van der Waals surface area (Å²) in [4.78, 5) is 14.6. The van der Waals surface area contributed by atoms with E-state index in [-0.39, 0.29) is 17.6 Å². The van der Waals surface area contributed by atoms with Gasteiger partial charge in [-0.2, -0.15) is 5.10 Å². The van der Waals surface area contributed by atoms with Gasteiger partial charge in [0.05, 0.1) is 13.3 Å². The fourth-order valence-electron chi connectivity index (χ4n) is 4.61. The van der Waals surface area contributed by atoms with E-state index in [1.165, 1.54) is 26.2 Å². The number of para-hydroxylation sites is 1. The fourth-order valence-corrected chi connectivity index (χ4v) is 4.94. The lowest BCUT2D eigenvalue weighted by Gasteiger charge is -2.35. The number of aromatic hydroxyl groups is 1. The summed E-state index contributed by atoms with van der Waals surface area (Å²) in [6, 6.07) is 5.57. The summed E-state index contributed by atoms with van der Waals surface area (Å²) >= 11 is 5.62. The number of thiocarbonyl (C=S) groups is 1. The number of rotatable bonds is 5. The first-order chi connectivity index (χ1) is 14.5. The van der Waals surface area contributed by atoms with Gasteiger partial charge in [-0.3, -0.25) is 4.79 Å². The van der Waals surface area contributed by atoms with Gasteiger partial charge in [0.15, 0.2) is 16.6 Å². The molecule has 0 radical (unpaired) electrons. The first kappa shape index (κ1) is 20.7. The highest BCUT2D eigenvalue weighted by Crippen LogP contribution is 2.39. The van der Waals surface area contributed by atoms with E-state index in [4.69, 9.17) is 17.0 Å². The van der Waals surface area contributed by atoms with Crippen LogP contribution in [0.2, 0.25) is 0 Å². The van der Waals surface area contributed by atoms with Crippen LogP contribution in [0, 0.1) is 17.8 Å². The maximum Gasteiger partial charge on any atom is 0.243 e. The Morgan fingerprint density at radius 1 is 1.30 bits per heavy atom. The third-order valence-electron chi connectivity index (χ3n) is 6.37. The number of piperidine rings is 1. The Morgan fingerprint density at radius 2 is 2.10 bits per heavy atom. The molecule has 3 atom stereocenters. The molecular weight excluding hydrogens is 400 g/mol. The van der Waals surface area contributed by atoms with Gasteiger partial charge in [-0.25, -0.2) is 5.43 Å². The summed E-state index contributed by atoms with van der Waals surface area (Å²) in [5, 5.41) is 18.4. The van der Waals surface area contributed by atoms with E-state index in [0.717, 1.165) is 31.0 Å². The molecule has 0 unspecified atom stereocenters. The molecule has 1 aromatic rings. The van der Waals surface area contributed by atoms with Crippen LogP contribution in [0.15, 0.2) is 35.5 Å². The summed E-state index contributed by atoms with van der Waals surface area (Å²) in [6.07, 6.45) is 9.96. The summed E-state index contributed by atoms with van der Waals surface area (Å²) in [6.45, 7) is 1.53. The van der Waals surface area contributed by atoms with Gasteiger partial charge in [-0.05, 0) is 61.9 Å². The van der Waals surface area contributed by atoms with Crippen molar-refractivity contribution in [1.82, 2.24) is 15.6 Å². The molecule has 0 aromatic heterocycles. The Hall–Kier alpha value is -2.61. The number of carbonyl (C=O) groups excluding carboxylic acids is 1. The molecule has 2 fully saturated rings. The lowest BCUT2D eigenvalue weighted by atomic mass is 9.96. The molecule has 1 saturated heterocycles. The second-order valence-corrected chi connectivity index (χ2v) is 8.62. The van der Waals surface area contributed by atoms with Crippen LogP contribution in [0.1, 0.15) is 31.2 Å². The Bertz CT molecular complexity index is 864. The van der Waals surface area contributed by atoms with Crippen LogP contribution < -0.4 is 15.5 Å². The van der Waals surface area contributed by atoms with Gasteiger partial charge in [-0.1, -0.05) is 18.2 Å². The molecule has 1 amide bonds. The van der Waals surface area contributed by atoms with E-state index in [9.17, 15) is 9.90 Å². The minimum Gasteiger partial charge on any atom is -0.504 e. The second-order valence-electron chi connectivity index (χ2n) is 8.23. The van der Waals surface area contributed by atoms with Crippen LogP contribution in [0.5, 0.6) is 11.5 Å². The SMILES string of the molecule is COc1cccc(/C=N\NC(=O)C2CCN(C(=S)N[C@H]3C[C@H]4C=C[C@H]3C4)CC2)c1O. The molecule has 1 aromatic carbocycles. The molecule has 3 N–H and O–H groups in total. The quantitative estimate of drug-likeness (QED) is 0.289. The number of hydrogen-bond acceptors (Lipinski definition) is 5. The number of fused-ring (bicyclic) bond motifs is 2. The number of phenolic OH excluding ortho intramolecular Hbond substituents is 1. The van der Waals surface area contributed by atoms with E-state index in [0.29, 0.717) is 29.2 Å². The number of benzene rings is 1. The predicted molar refractivity (Wildman–Crippen MR) is 120 cm³/mol. The normalized spacial score (nSPS) is 25.6. The van der Waals surface area contributed by atoms with Gasteiger partial charge < -0.3 is 20.1 Å². The first-order valence-electron chi connectivity index (χ1n) is 10.5. The Morgan fingerprint density at radius 3 is 2.77 bits per heavy atom. The van der Waals surface area contributed by atoms with Crippen molar-refractivity contribution in [1.29, 1.82) is 0 Å². The number of carbonyl (C=O) groups is 1. The average Bonchev–Trinajstić information content (AvgIpc) is 3.38. The highest BCUT2D eigenvalue weighted by Gasteiger charge is 2.36. The van der Waals surface area contributed by atoms with Crippen molar-refractivity contribution in [3.63, 3.8) is 0 Å². The number of nitrogens with zero attached hydrogens (tertiary/aromatic N) is 2. The van der Waals surface area contributed by atoms with Crippen molar-refractivity contribution in [2.75, 3.05) is 20.2 Å². The number of methoxy groups -OCH3 is 1. The Labute approximate surface area is 182 Å². The third-order valence-corrected chi connectivity index (χ3v) is 6.75. The van der Waals surface area contributed by atoms with Gasteiger partial charge >= 0.3 is 0 Å². The highest BCUT2D eigenvalue weighted by atomic mass is 32.1. The molecule has 2 aliphatic carbocycles. The predicted octanol–water partition coefficient (Wildman–Crippen LogP) is 2.40. The highest BCUT2D eigenvalue weighted by molar-refractivity contribution is 7.80. The van der Waals surface area contributed by atoms with Crippen LogP contribution in [-0.2, 0) is 4.79 Å². The molecular formula is C22H28N4O3S. The van der Waals surface area contributed by atoms with Gasteiger partial charge in [0.2, 0.25) is 5.91 Å². The van der Waals surface area contributed by atoms with Gasteiger partial charge in [0, 0.05) is 30.6 Å². The van der Waals surface area contributed by atoms with Crippen LogP contribution in [0.25, 0.3) is 0 Å². The molecule has 160 valence electrons. The van der Waals surface area contributed by atoms with Crippen LogP contribution >= 0.6 is 12.2 Å². The molecule has 7 nitrogen and oxygen atoms in total. The Kier molecular flexibility index (Phi) is 6.22. The topological polar surface area (TPSA) is 86.2 Å². The molecule has 1 heterocycles. The standard InChI is InChI=1S/C22H28N4O3S/c1-29-19-4-2-3-17(20(19)27)13-23-25-21(28)15-7-9-26(10-8-15)22(30)24-18-12-14-5-6-16(18)11-14/h2-6,13-16,18,27H,7-12H2,1H3,(H,24,30)(H,25,28)/b23-13-/t14-,16-,18-/m0/s1. The smallest absolute Gasteiger partial charge is 0.243 e. The van der Waals surface area contributed by atoms with Crippen LogP contribution in [0.4, 0.5) is 0 Å². The molecule has 0 spiro atoms. The van der Waals surface area contributed by atoms with Crippen LogP contribution in [0.3, 0.4) is 0 Å². The van der Waals surface area contributed by atoms with Gasteiger partial charge in [0.25, 0.3) is 0 Å². The zero-order chi connectivity index (χ0) is 21.1. The summed E-state index contributed by atoms with van der Waals surface area (Å²) in [5.74, 6) is 1.49. The van der Waals surface area contributed by atoms with Crippen molar-refractivity contribution in [3.05, 3.63) is 35.9 Å². The fraction of sp³-hybridized carbons (Fsp3) is 0.500. The van der Waals surface area contributed by atoms with Crippen molar-refractivity contribution in [2.24, 2.45) is 22.9 Å². The van der Waals surface area contributed by atoms with Crippen LogP contribution in [-0.4, -0.2) is 53.5 Å². The molecule has 2 bridgehead atoms. The molecule has 1 aliphatic heterocycles. The number of hydrazone groups is 1. The van der Waals surface area contributed by atoms with E-state index < -0.39 is 0 Å².